The van der Waals surface area contributed by atoms with E-state index in [1.807, 2.05) is 6.92 Å². The van der Waals surface area contributed by atoms with Crippen LogP contribution in [0.1, 0.15) is 26.2 Å². The number of amides is 2. The van der Waals surface area contributed by atoms with Crippen molar-refractivity contribution in [3.63, 3.8) is 0 Å². The standard InChI is InChI=1S/C17H30N2O6S2/c1-3-5-7-18-16(21)24-12-14(13-27-11-6-10-26)25-17(22)19-8-9-23-15(20)4-2/h4,14,26H,2-3,5-13H2,1H3,(H,18,21)(H,19,22). The van der Waals surface area contributed by atoms with E-state index in [0.29, 0.717) is 12.3 Å². The van der Waals surface area contributed by atoms with E-state index in [4.69, 9.17) is 14.2 Å². The molecule has 0 radical (unpaired) electrons. The van der Waals surface area contributed by atoms with Crippen molar-refractivity contribution in [2.75, 3.05) is 43.6 Å². The van der Waals surface area contributed by atoms with Gasteiger partial charge in [0, 0.05) is 18.4 Å². The molecule has 0 bridgehead atoms. The van der Waals surface area contributed by atoms with Crippen molar-refractivity contribution < 1.29 is 28.6 Å². The van der Waals surface area contributed by atoms with Crippen LogP contribution in [-0.4, -0.2) is 67.8 Å². The molecule has 0 saturated heterocycles. The van der Waals surface area contributed by atoms with Crippen molar-refractivity contribution in [2.45, 2.75) is 32.3 Å². The molecule has 10 heteroatoms. The van der Waals surface area contributed by atoms with Crippen LogP contribution in [0.2, 0.25) is 0 Å². The van der Waals surface area contributed by atoms with Gasteiger partial charge in [0.25, 0.3) is 0 Å². The van der Waals surface area contributed by atoms with Gasteiger partial charge in [0.2, 0.25) is 0 Å². The maximum absolute atomic E-state index is 11.8. The van der Waals surface area contributed by atoms with Gasteiger partial charge in [-0.1, -0.05) is 19.9 Å². The third-order valence-corrected chi connectivity index (χ3v) is 4.51. The fraction of sp³-hybridized carbons (Fsp3) is 0.706. The van der Waals surface area contributed by atoms with Crippen molar-refractivity contribution in [3.05, 3.63) is 12.7 Å². The minimum Gasteiger partial charge on any atom is -0.461 e. The molecule has 2 N–H and O–H groups in total. The highest BCUT2D eigenvalue weighted by Crippen LogP contribution is 2.09. The highest BCUT2D eigenvalue weighted by atomic mass is 32.2. The Morgan fingerprint density at radius 2 is 1.89 bits per heavy atom. The van der Waals surface area contributed by atoms with Crippen LogP contribution >= 0.6 is 24.4 Å². The first-order chi connectivity index (χ1) is 13.0. The van der Waals surface area contributed by atoms with Gasteiger partial charge < -0.3 is 24.8 Å². The Balaban J connectivity index is 4.22. The Labute approximate surface area is 170 Å². The van der Waals surface area contributed by atoms with Gasteiger partial charge in [0.15, 0.2) is 0 Å². The van der Waals surface area contributed by atoms with Gasteiger partial charge in [-0.25, -0.2) is 14.4 Å². The van der Waals surface area contributed by atoms with E-state index in [1.165, 1.54) is 0 Å². The maximum atomic E-state index is 11.8. The summed E-state index contributed by atoms with van der Waals surface area (Å²) in [5.41, 5.74) is 0. The number of carbonyl (C=O) groups excluding carboxylic acids is 3. The first kappa shape index (κ1) is 25.4. The Morgan fingerprint density at radius 3 is 2.56 bits per heavy atom. The van der Waals surface area contributed by atoms with Gasteiger partial charge in [-0.15, -0.1) is 0 Å². The molecule has 0 heterocycles. The van der Waals surface area contributed by atoms with Gasteiger partial charge in [0.05, 0.1) is 6.54 Å². The lowest BCUT2D eigenvalue weighted by atomic mass is 10.3. The number of hydrogen-bond acceptors (Lipinski definition) is 8. The summed E-state index contributed by atoms with van der Waals surface area (Å²) in [6.07, 6.45) is 2.03. The predicted molar refractivity (Wildman–Crippen MR) is 109 cm³/mol. The number of thiol groups is 1. The van der Waals surface area contributed by atoms with E-state index in [0.717, 1.165) is 36.8 Å². The summed E-state index contributed by atoms with van der Waals surface area (Å²) in [5.74, 6) is 1.57. The predicted octanol–water partition coefficient (Wildman–Crippen LogP) is 2.39. The molecule has 0 aromatic rings. The number of unbranched alkanes of at least 4 members (excludes halogenated alkanes) is 1. The molecule has 0 aliphatic rings. The Kier molecular flexibility index (Phi) is 16.8. The SMILES string of the molecule is C=CC(=O)OCCNC(=O)OC(COC(=O)NCCCC)CSCCCS. The molecule has 0 saturated carbocycles. The van der Waals surface area contributed by atoms with Gasteiger partial charge in [-0.3, -0.25) is 0 Å². The quantitative estimate of drug-likeness (QED) is 0.122. The van der Waals surface area contributed by atoms with Crippen molar-refractivity contribution in [1.29, 1.82) is 0 Å². The van der Waals surface area contributed by atoms with E-state index in [-0.39, 0.29) is 19.8 Å². The van der Waals surface area contributed by atoms with Crippen molar-refractivity contribution in [3.8, 4) is 0 Å². The monoisotopic (exact) mass is 422 g/mol. The minimum absolute atomic E-state index is 0.0116. The zero-order valence-electron chi connectivity index (χ0n) is 15.7. The summed E-state index contributed by atoms with van der Waals surface area (Å²) in [5, 5.41) is 5.11. The molecule has 0 aliphatic carbocycles. The molecule has 0 aliphatic heterocycles. The maximum Gasteiger partial charge on any atom is 0.407 e. The summed E-state index contributed by atoms with van der Waals surface area (Å²) < 4.78 is 15.1. The van der Waals surface area contributed by atoms with Crippen LogP contribution < -0.4 is 10.6 Å². The van der Waals surface area contributed by atoms with Crippen LogP contribution in [0.5, 0.6) is 0 Å². The number of esters is 1. The number of rotatable bonds is 15. The lowest BCUT2D eigenvalue weighted by Gasteiger charge is -2.18. The average Bonchev–Trinajstić information content (AvgIpc) is 2.66. The first-order valence-corrected chi connectivity index (χ1v) is 10.6. The van der Waals surface area contributed by atoms with E-state index in [9.17, 15) is 14.4 Å². The normalized spacial score (nSPS) is 11.2. The molecular formula is C17H30N2O6S2. The van der Waals surface area contributed by atoms with Crippen molar-refractivity contribution >= 4 is 42.5 Å². The fourth-order valence-corrected chi connectivity index (χ4v) is 2.96. The molecule has 27 heavy (non-hydrogen) atoms. The molecular weight excluding hydrogens is 392 g/mol. The molecule has 0 spiro atoms. The van der Waals surface area contributed by atoms with Gasteiger partial charge in [0.1, 0.15) is 19.3 Å². The van der Waals surface area contributed by atoms with Gasteiger partial charge in [-0.2, -0.15) is 24.4 Å². The number of ether oxygens (including phenoxy) is 3. The molecule has 0 fully saturated rings. The second-order valence-electron chi connectivity index (χ2n) is 5.36. The first-order valence-electron chi connectivity index (χ1n) is 8.86. The van der Waals surface area contributed by atoms with E-state index < -0.39 is 24.3 Å². The topological polar surface area (TPSA) is 103 Å². The van der Waals surface area contributed by atoms with E-state index in [1.54, 1.807) is 11.8 Å². The molecule has 0 aromatic carbocycles. The molecule has 2 amide bonds. The zero-order chi connectivity index (χ0) is 20.3. The smallest absolute Gasteiger partial charge is 0.407 e. The summed E-state index contributed by atoms with van der Waals surface area (Å²) >= 11 is 5.74. The summed E-state index contributed by atoms with van der Waals surface area (Å²) in [7, 11) is 0. The number of hydrogen-bond donors (Lipinski definition) is 3. The molecule has 1 unspecified atom stereocenters. The van der Waals surface area contributed by atoms with Crippen LogP contribution in [-0.2, 0) is 19.0 Å². The molecule has 0 aromatic heterocycles. The van der Waals surface area contributed by atoms with Crippen LogP contribution in [0, 0.1) is 0 Å². The average molecular weight is 423 g/mol. The van der Waals surface area contributed by atoms with E-state index in [2.05, 4.69) is 29.8 Å². The lowest BCUT2D eigenvalue weighted by Crippen LogP contribution is -2.36. The zero-order valence-corrected chi connectivity index (χ0v) is 17.4. The lowest BCUT2D eigenvalue weighted by molar-refractivity contribution is -0.137. The minimum atomic E-state index is -0.667. The van der Waals surface area contributed by atoms with Crippen LogP contribution in [0.15, 0.2) is 12.7 Å². The van der Waals surface area contributed by atoms with Crippen molar-refractivity contribution in [1.82, 2.24) is 10.6 Å². The highest BCUT2D eigenvalue weighted by Gasteiger charge is 2.17. The molecule has 0 rings (SSSR count). The summed E-state index contributed by atoms with van der Waals surface area (Å²) in [4.78, 5) is 34.4. The number of carbonyl (C=O) groups is 3. The largest absolute Gasteiger partial charge is 0.461 e. The van der Waals surface area contributed by atoms with Crippen LogP contribution in [0.3, 0.4) is 0 Å². The van der Waals surface area contributed by atoms with Gasteiger partial charge in [-0.05, 0) is 24.3 Å². The van der Waals surface area contributed by atoms with Crippen molar-refractivity contribution in [2.24, 2.45) is 0 Å². The number of thioether (sulfide) groups is 1. The second kappa shape index (κ2) is 17.8. The van der Waals surface area contributed by atoms with Gasteiger partial charge >= 0.3 is 18.2 Å². The summed E-state index contributed by atoms with van der Waals surface area (Å²) in [6, 6.07) is 0. The molecule has 156 valence electrons. The Hall–Kier alpha value is -1.55. The third-order valence-electron chi connectivity index (χ3n) is 3.01. The number of alkyl carbamates (subject to hydrolysis) is 2. The summed E-state index contributed by atoms with van der Waals surface area (Å²) in [6.45, 7) is 5.92. The highest BCUT2D eigenvalue weighted by molar-refractivity contribution is 7.99. The number of nitrogens with one attached hydrogen (secondary N) is 2. The Bertz CT molecular complexity index is 451. The molecule has 8 nitrogen and oxygen atoms in total. The van der Waals surface area contributed by atoms with Crippen LogP contribution in [0.4, 0.5) is 9.59 Å². The fourth-order valence-electron chi connectivity index (χ4n) is 1.64. The third kappa shape index (κ3) is 16.4. The van der Waals surface area contributed by atoms with E-state index >= 15 is 0 Å². The molecule has 1 atom stereocenters. The second-order valence-corrected chi connectivity index (χ2v) is 6.95. The Morgan fingerprint density at radius 1 is 1.15 bits per heavy atom. The van der Waals surface area contributed by atoms with Crippen LogP contribution in [0.25, 0.3) is 0 Å².